The summed E-state index contributed by atoms with van der Waals surface area (Å²) in [7, 11) is 0. The molecule has 2 heterocycles. The van der Waals surface area contributed by atoms with Crippen molar-refractivity contribution in [3.8, 4) is 0 Å². The van der Waals surface area contributed by atoms with Crippen molar-refractivity contribution in [3.05, 3.63) is 58.4 Å². The lowest BCUT2D eigenvalue weighted by Crippen LogP contribution is -2.15. The van der Waals surface area contributed by atoms with Crippen LogP contribution in [0.15, 0.2) is 44.9 Å². The van der Waals surface area contributed by atoms with Crippen LogP contribution >= 0.6 is 11.8 Å². The molecule has 2 aromatic rings. The summed E-state index contributed by atoms with van der Waals surface area (Å²) in [6, 6.07) is 3.82. The van der Waals surface area contributed by atoms with Gasteiger partial charge >= 0.3 is 0 Å². The largest absolute Gasteiger partial charge is 0.448 e. The van der Waals surface area contributed by atoms with Crippen LogP contribution in [0.25, 0.3) is 0 Å². The van der Waals surface area contributed by atoms with Gasteiger partial charge in [0.1, 0.15) is 18.1 Å². The highest BCUT2D eigenvalue weighted by Crippen LogP contribution is 2.34. The fraction of sp³-hybridized carbons (Fsp3) is 0.188. The molecule has 24 heavy (non-hydrogen) atoms. The number of carbonyl (C=O) groups excluding carboxylic acids is 1. The van der Waals surface area contributed by atoms with Crippen LogP contribution < -0.4 is 11.1 Å². The van der Waals surface area contributed by atoms with E-state index in [4.69, 9.17) is 10.2 Å². The van der Waals surface area contributed by atoms with E-state index in [1.54, 1.807) is 13.0 Å². The molecule has 6 nitrogen and oxygen atoms in total. The minimum Gasteiger partial charge on any atom is -0.448 e. The number of rotatable bonds is 3. The van der Waals surface area contributed by atoms with Crippen molar-refractivity contribution in [3.63, 3.8) is 0 Å². The maximum atomic E-state index is 14.2. The maximum Gasteiger partial charge on any atom is 0.277 e. The molecular weight excluding hydrogens is 331 g/mol. The van der Waals surface area contributed by atoms with Crippen LogP contribution in [0.3, 0.4) is 0 Å². The Morgan fingerprint density at radius 3 is 2.92 bits per heavy atom. The van der Waals surface area contributed by atoms with Crippen LogP contribution in [0.1, 0.15) is 34.9 Å². The Labute approximate surface area is 142 Å². The van der Waals surface area contributed by atoms with Gasteiger partial charge in [0, 0.05) is 18.2 Å². The van der Waals surface area contributed by atoms with Gasteiger partial charge in [0.25, 0.3) is 5.91 Å². The fourth-order valence-electron chi connectivity index (χ4n) is 2.29. The monoisotopic (exact) mass is 346 g/mol. The number of nitrogens with zero attached hydrogens (tertiary/aromatic N) is 2. The number of nitrogens with one attached hydrogen (secondary N) is 1. The Hall–Kier alpha value is -2.61. The number of thioether (sulfide) groups is 1. The standard InChI is InChI=1S/C16H15FN4O2S/c1-8-7-24-16(18)21-14(8)11-5-10(3-4-12(11)17)20-15(22)13-6-23-9(2)19-13/h3-7,14H,1-2H3,(H2,18,21)(H,20,22)/t14-/m0/s1. The van der Waals surface area contributed by atoms with Gasteiger partial charge < -0.3 is 15.5 Å². The lowest BCUT2D eigenvalue weighted by Gasteiger charge is -2.19. The number of nitrogens with two attached hydrogens (primary N) is 1. The number of oxazole rings is 1. The van der Waals surface area contributed by atoms with E-state index in [9.17, 15) is 9.18 Å². The molecule has 124 valence electrons. The number of hydrogen-bond acceptors (Lipinski definition) is 6. The average molecular weight is 346 g/mol. The van der Waals surface area contributed by atoms with E-state index in [1.165, 1.54) is 30.2 Å². The Morgan fingerprint density at radius 2 is 2.21 bits per heavy atom. The van der Waals surface area contributed by atoms with Crippen molar-refractivity contribution in [2.24, 2.45) is 10.7 Å². The summed E-state index contributed by atoms with van der Waals surface area (Å²) >= 11 is 1.30. The van der Waals surface area contributed by atoms with Crippen molar-refractivity contribution in [1.29, 1.82) is 0 Å². The second-order valence-corrected chi connectivity index (χ2v) is 6.18. The van der Waals surface area contributed by atoms with Gasteiger partial charge in [-0.15, -0.1) is 0 Å². The van der Waals surface area contributed by atoms with E-state index in [2.05, 4.69) is 15.3 Å². The number of carbonyl (C=O) groups is 1. The SMILES string of the molecule is CC1=CSC(N)=N[C@@H]1c1cc(NC(=O)c2coc(C)n2)ccc1F. The minimum absolute atomic E-state index is 0.158. The van der Waals surface area contributed by atoms with Crippen LogP contribution in [0.5, 0.6) is 0 Å². The summed E-state index contributed by atoms with van der Waals surface area (Å²) in [5.74, 6) is -0.449. The molecule has 0 spiro atoms. The van der Waals surface area contributed by atoms with Gasteiger partial charge in [-0.3, -0.25) is 4.79 Å². The Morgan fingerprint density at radius 1 is 1.42 bits per heavy atom. The second-order valence-electron chi connectivity index (χ2n) is 5.29. The first kappa shape index (κ1) is 16.3. The maximum absolute atomic E-state index is 14.2. The topological polar surface area (TPSA) is 93.5 Å². The van der Waals surface area contributed by atoms with Crippen LogP contribution in [-0.2, 0) is 0 Å². The van der Waals surface area contributed by atoms with Gasteiger partial charge in [0.05, 0.1) is 0 Å². The number of halogens is 1. The fourth-order valence-corrected chi connectivity index (χ4v) is 2.89. The first-order chi connectivity index (χ1) is 11.4. The number of amides is 1. The molecule has 3 rings (SSSR count). The molecule has 0 saturated carbocycles. The summed E-state index contributed by atoms with van der Waals surface area (Å²) in [5, 5.41) is 4.89. The van der Waals surface area contributed by atoms with Crippen LogP contribution in [-0.4, -0.2) is 16.1 Å². The lowest BCUT2D eigenvalue weighted by molar-refractivity contribution is 0.102. The molecule has 0 radical (unpaired) electrons. The average Bonchev–Trinajstić information content (AvgIpc) is 2.98. The first-order valence-electron chi connectivity index (χ1n) is 7.13. The van der Waals surface area contributed by atoms with E-state index < -0.39 is 17.8 Å². The summed E-state index contributed by atoms with van der Waals surface area (Å²) in [6.07, 6.45) is 1.27. The number of benzene rings is 1. The predicted octanol–water partition coefficient (Wildman–Crippen LogP) is 3.38. The molecule has 0 unspecified atom stereocenters. The van der Waals surface area contributed by atoms with E-state index >= 15 is 0 Å². The van der Waals surface area contributed by atoms with E-state index in [0.29, 0.717) is 22.3 Å². The molecular formula is C16H15FN4O2S. The third kappa shape index (κ3) is 3.33. The molecule has 1 aliphatic heterocycles. The summed E-state index contributed by atoms with van der Waals surface area (Å²) in [6.45, 7) is 3.50. The molecule has 3 N–H and O–H groups in total. The number of amidine groups is 1. The Bertz CT molecular complexity index is 860. The predicted molar refractivity (Wildman–Crippen MR) is 91.3 cm³/mol. The highest BCUT2D eigenvalue weighted by molar-refractivity contribution is 8.16. The number of aliphatic imine (C=N–C) groups is 1. The van der Waals surface area contributed by atoms with Gasteiger partial charge in [0.2, 0.25) is 0 Å². The van der Waals surface area contributed by atoms with Crippen LogP contribution in [0.4, 0.5) is 10.1 Å². The van der Waals surface area contributed by atoms with Crippen LogP contribution in [0, 0.1) is 12.7 Å². The summed E-state index contributed by atoms with van der Waals surface area (Å²) < 4.78 is 19.2. The summed E-state index contributed by atoms with van der Waals surface area (Å²) in [5.41, 5.74) is 7.56. The van der Waals surface area contributed by atoms with Gasteiger partial charge in [-0.1, -0.05) is 11.8 Å². The highest BCUT2D eigenvalue weighted by Gasteiger charge is 2.21. The zero-order chi connectivity index (χ0) is 17.3. The number of hydrogen-bond donors (Lipinski definition) is 2. The number of aromatic nitrogens is 1. The van der Waals surface area contributed by atoms with E-state index in [1.807, 2.05) is 12.3 Å². The molecule has 1 amide bonds. The molecule has 0 aliphatic carbocycles. The highest BCUT2D eigenvalue weighted by atomic mass is 32.2. The quantitative estimate of drug-likeness (QED) is 0.888. The van der Waals surface area contributed by atoms with Crippen LogP contribution in [0.2, 0.25) is 0 Å². The normalized spacial score (nSPS) is 17.2. The summed E-state index contributed by atoms with van der Waals surface area (Å²) in [4.78, 5) is 20.4. The third-order valence-corrected chi connectivity index (χ3v) is 4.29. The Kier molecular flexibility index (Phi) is 4.39. The van der Waals surface area contributed by atoms with E-state index in [-0.39, 0.29) is 5.69 Å². The molecule has 1 aromatic carbocycles. The van der Waals surface area contributed by atoms with Crippen molar-refractivity contribution < 1.29 is 13.6 Å². The molecule has 1 atom stereocenters. The lowest BCUT2D eigenvalue weighted by atomic mass is 10.00. The molecule has 8 heteroatoms. The molecule has 0 fully saturated rings. The Balaban J connectivity index is 1.88. The van der Waals surface area contributed by atoms with Gasteiger partial charge in [0.15, 0.2) is 16.8 Å². The first-order valence-corrected chi connectivity index (χ1v) is 8.01. The zero-order valence-electron chi connectivity index (χ0n) is 13.0. The smallest absolute Gasteiger partial charge is 0.277 e. The number of anilines is 1. The molecule has 0 bridgehead atoms. The zero-order valence-corrected chi connectivity index (χ0v) is 13.9. The second kappa shape index (κ2) is 6.48. The molecule has 1 aliphatic rings. The van der Waals surface area contributed by atoms with Gasteiger partial charge in [-0.2, -0.15) is 0 Å². The number of aryl methyl sites for hydroxylation is 1. The van der Waals surface area contributed by atoms with Crippen molar-refractivity contribution in [2.45, 2.75) is 19.9 Å². The van der Waals surface area contributed by atoms with Crippen molar-refractivity contribution in [1.82, 2.24) is 4.98 Å². The van der Waals surface area contributed by atoms with Gasteiger partial charge in [-0.05, 0) is 36.1 Å². The molecule has 1 aromatic heterocycles. The molecule has 0 saturated heterocycles. The third-order valence-electron chi connectivity index (χ3n) is 3.45. The minimum atomic E-state index is -0.502. The van der Waals surface area contributed by atoms with Crippen molar-refractivity contribution >= 4 is 28.5 Å². The van der Waals surface area contributed by atoms with Crippen molar-refractivity contribution in [2.75, 3.05) is 5.32 Å². The van der Waals surface area contributed by atoms with E-state index in [0.717, 1.165) is 5.57 Å². The van der Waals surface area contributed by atoms with Gasteiger partial charge in [-0.25, -0.2) is 14.4 Å².